The molecule has 5 nitrogen and oxygen atoms in total. The van der Waals surface area contributed by atoms with E-state index < -0.39 is 0 Å². The van der Waals surface area contributed by atoms with E-state index in [0.29, 0.717) is 10.9 Å². The van der Waals surface area contributed by atoms with Gasteiger partial charge in [-0.05, 0) is 54.7 Å². The maximum atomic E-state index is 12.7. The number of halogens is 1. The molecule has 158 valence electrons. The largest absolute Gasteiger partial charge is 0.354 e. The van der Waals surface area contributed by atoms with Gasteiger partial charge in [-0.15, -0.1) is 0 Å². The number of benzene rings is 1. The zero-order valence-electron chi connectivity index (χ0n) is 17.3. The molecule has 30 heavy (non-hydrogen) atoms. The monoisotopic (exact) mass is 424 g/mol. The van der Waals surface area contributed by atoms with Crippen LogP contribution in [0.2, 0.25) is 5.02 Å². The number of rotatable bonds is 5. The van der Waals surface area contributed by atoms with Crippen molar-refractivity contribution in [2.75, 3.05) is 50.7 Å². The van der Waals surface area contributed by atoms with E-state index in [1.165, 1.54) is 6.42 Å². The fourth-order valence-electron chi connectivity index (χ4n) is 4.33. The molecule has 2 aliphatic rings. The number of likely N-dealkylation sites (tertiary alicyclic amines) is 1. The van der Waals surface area contributed by atoms with Crippen molar-refractivity contribution in [1.82, 2.24) is 14.8 Å². The Labute approximate surface area is 183 Å². The minimum absolute atomic E-state index is 0.106. The predicted molar refractivity (Wildman–Crippen MR) is 123 cm³/mol. The molecule has 1 aromatic carbocycles. The van der Waals surface area contributed by atoms with Crippen LogP contribution in [0.4, 0.5) is 5.82 Å². The zero-order chi connectivity index (χ0) is 20.8. The standard InChI is InChI=1S/C24H29ClN4O/c25-22-9-6-20(7-10-22)8-11-24(30)29-13-3-4-21(19-29)18-27-14-16-28(17-15-27)23-5-1-2-12-26-23/h1-2,5-12,21H,3-4,13-19H2/b11-8+. The first-order valence-electron chi connectivity index (χ1n) is 10.8. The van der Waals surface area contributed by atoms with Crippen LogP contribution < -0.4 is 4.90 Å². The molecule has 1 aromatic heterocycles. The van der Waals surface area contributed by atoms with Gasteiger partial charge in [0.05, 0.1) is 0 Å². The molecule has 2 fully saturated rings. The number of anilines is 1. The van der Waals surface area contributed by atoms with Crippen molar-refractivity contribution in [3.05, 3.63) is 65.3 Å². The van der Waals surface area contributed by atoms with Crippen LogP contribution in [0.1, 0.15) is 18.4 Å². The van der Waals surface area contributed by atoms with E-state index in [0.717, 1.165) is 63.6 Å². The number of carbonyl (C=O) groups is 1. The molecule has 0 spiro atoms. The molecule has 2 aliphatic heterocycles. The number of hydrogen-bond donors (Lipinski definition) is 0. The average molecular weight is 425 g/mol. The average Bonchev–Trinajstić information content (AvgIpc) is 2.80. The summed E-state index contributed by atoms with van der Waals surface area (Å²) in [6.07, 6.45) is 7.71. The summed E-state index contributed by atoms with van der Waals surface area (Å²) in [5.74, 6) is 1.72. The topological polar surface area (TPSA) is 39.7 Å². The summed E-state index contributed by atoms with van der Waals surface area (Å²) in [6, 6.07) is 13.6. The van der Waals surface area contributed by atoms with Crippen molar-refractivity contribution in [2.45, 2.75) is 12.8 Å². The number of nitrogens with zero attached hydrogens (tertiary/aromatic N) is 4. The summed E-state index contributed by atoms with van der Waals surface area (Å²) in [4.78, 5) is 24.0. The Bertz CT molecular complexity index is 847. The Kier molecular flexibility index (Phi) is 7.03. The van der Waals surface area contributed by atoms with Crippen molar-refractivity contribution >= 4 is 29.4 Å². The molecule has 0 radical (unpaired) electrons. The van der Waals surface area contributed by atoms with Crippen LogP contribution in [0.5, 0.6) is 0 Å². The molecule has 2 aromatic rings. The summed E-state index contributed by atoms with van der Waals surface area (Å²) in [6.45, 7) is 6.90. The highest BCUT2D eigenvalue weighted by Crippen LogP contribution is 2.20. The van der Waals surface area contributed by atoms with Crippen LogP contribution in [0, 0.1) is 5.92 Å². The fourth-order valence-corrected chi connectivity index (χ4v) is 4.45. The summed E-state index contributed by atoms with van der Waals surface area (Å²) in [5.41, 5.74) is 0.993. The van der Waals surface area contributed by atoms with Gasteiger partial charge in [0.25, 0.3) is 0 Å². The molecule has 2 saturated heterocycles. The normalized spacial score (nSPS) is 20.6. The van der Waals surface area contributed by atoms with Gasteiger partial charge >= 0.3 is 0 Å². The Balaban J connectivity index is 1.25. The van der Waals surface area contributed by atoms with E-state index in [4.69, 9.17) is 11.6 Å². The second kappa shape index (κ2) is 10.1. The molecule has 6 heteroatoms. The number of hydrogen-bond acceptors (Lipinski definition) is 4. The first-order valence-corrected chi connectivity index (χ1v) is 11.2. The van der Waals surface area contributed by atoms with E-state index in [2.05, 4.69) is 20.9 Å². The van der Waals surface area contributed by atoms with Crippen LogP contribution in [0.25, 0.3) is 6.08 Å². The van der Waals surface area contributed by atoms with E-state index in [1.54, 1.807) is 6.08 Å². The lowest BCUT2D eigenvalue weighted by atomic mass is 9.97. The molecule has 1 amide bonds. The zero-order valence-corrected chi connectivity index (χ0v) is 18.0. The van der Waals surface area contributed by atoms with Gasteiger partial charge in [0, 0.05) is 63.1 Å². The summed E-state index contributed by atoms with van der Waals surface area (Å²) in [7, 11) is 0. The second-order valence-electron chi connectivity index (χ2n) is 8.15. The van der Waals surface area contributed by atoms with Gasteiger partial charge in [0.1, 0.15) is 5.82 Å². The van der Waals surface area contributed by atoms with Crippen LogP contribution >= 0.6 is 11.6 Å². The number of piperazine rings is 1. The highest BCUT2D eigenvalue weighted by atomic mass is 35.5. The Hall–Kier alpha value is -2.37. The predicted octanol–water partition coefficient (Wildman–Crippen LogP) is 3.81. The summed E-state index contributed by atoms with van der Waals surface area (Å²) in [5, 5.41) is 0.707. The van der Waals surface area contributed by atoms with Crippen LogP contribution in [-0.2, 0) is 4.79 Å². The third-order valence-corrected chi connectivity index (χ3v) is 6.23. The Morgan fingerprint density at radius 2 is 1.87 bits per heavy atom. The highest BCUT2D eigenvalue weighted by molar-refractivity contribution is 6.30. The van der Waals surface area contributed by atoms with Gasteiger partial charge < -0.3 is 9.80 Å². The first-order chi connectivity index (χ1) is 14.7. The van der Waals surface area contributed by atoms with Crippen LogP contribution in [0.3, 0.4) is 0 Å². The lowest BCUT2D eigenvalue weighted by Gasteiger charge is -2.39. The number of piperidine rings is 1. The van der Waals surface area contributed by atoms with Gasteiger partial charge in [0.2, 0.25) is 5.91 Å². The third kappa shape index (κ3) is 5.61. The lowest BCUT2D eigenvalue weighted by molar-refractivity contribution is -0.127. The number of carbonyl (C=O) groups excluding carboxylic acids is 1. The van der Waals surface area contributed by atoms with Gasteiger partial charge in [-0.25, -0.2) is 4.98 Å². The maximum absolute atomic E-state index is 12.7. The smallest absolute Gasteiger partial charge is 0.246 e. The molecule has 1 unspecified atom stereocenters. The van der Waals surface area contributed by atoms with Gasteiger partial charge in [0.15, 0.2) is 0 Å². The van der Waals surface area contributed by atoms with E-state index in [1.807, 2.05) is 53.6 Å². The molecule has 1 atom stereocenters. The van der Waals surface area contributed by atoms with E-state index >= 15 is 0 Å². The molecule has 4 rings (SSSR count). The lowest BCUT2D eigenvalue weighted by Crippen LogP contribution is -2.50. The quantitative estimate of drug-likeness (QED) is 0.684. The van der Waals surface area contributed by atoms with Gasteiger partial charge in [-0.3, -0.25) is 9.69 Å². The number of amides is 1. The van der Waals surface area contributed by atoms with Gasteiger partial charge in [-0.2, -0.15) is 0 Å². The van der Waals surface area contributed by atoms with E-state index in [-0.39, 0.29) is 5.91 Å². The molecule has 0 bridgehead atoms. The second-order valence-corrected chi connectivity index (χ2v) is 8.59. The molecule has 0 aliphatic carbocycles. The van der Waals surface area contributed by atoms with Crippen molar-refractivity contribution in [3.63, 3.8) is 0 Å². The summed E-state index contributed by atoms with van der Waals surface area (Å²) >= 11 is 5.92. The Morgan fingerprint density at radius 3 is 2.60 bits per heavy atom. The highest BCUT2D eigenvalue weighted by Gasteiger charge is 2.26. The van der Waals surface area contributed by atoms with Crippen molar-refractivity contribution in [3.8, 4) is 0 Å². The Morgan fingerprint density at radius 1 is 1.07 bits per heavy atom. The molecule has 3 heterocycles. The maximum Gasteiger partial charge on any atom is 0.246 e. The van der Waals surface area contributed by atoms with E-state index in [9.17, 15) is 4.79 Å². The molecule has 0 saturated carbocycles. The minimum Gasteiger partial charge on any atom is -0.354 e. The van der Waals surface area contributed by atoms with Gasteiger partial charge in [-0.1, -0.05) is 29.8 Å². The SMILES string of the molecule is O=C(/C=C/c1ccc(Cl)cc1)N1CCCC(CN2CCN(c3ccccn3)CC2)C1. The van der Waals surface area contributed by atoms with Crippen LogP contribution in [-0.4, -0.2) is 66.5 Å². The fraction of sp³-hybridized carbons (Fsp3) is 0.417. The van der Waals surface area contributed by atoms with Crippen molar-refractivity contribution in [2.24, 2.45) is 5.92 Å². The summed E-state index contributed by atoms with van der Waals surface area (Å²) < 4.78 is 0. The minimum atomic E-state index is 0.106. The van der Waals surface area contributed by atoms with Crippen molar-refractivity contribution < 1.29 is 4.79 Å². The molecule has 0 N–H and O–H groups in total. The number of aromatic nitrogens is 1. The first kappa shape index (κ1) is 20.9. The third-order valence-electron chi connectivity index (χ3n) is 5.98. The number of pyridine rings is 1. The van der Waals surface area contributed by atoms with Crippen LogP contribution in [0.15, 0.2) is 54.7 Å². The van der Waals surface area contributed by atoms with Crippen molar-refractivity contribution in [1.29, 1.82) is 0 Å². The molecular weight excluding hydrogens is 396 g/mol. The molecular formula is C24H29ClN4O.